The van der Waals surface area contributed by atoms with Crippen molar-refractivity contribution in [3.8, 4) is 0 Å². The molecule has 17 heavy (non-hydrogen) atoms. The lowest BCUT2D eigenvalue weighted by molar-refractivity contribution is -0.141. The van der Waals surface area contributed by atoms with Crippen molar-refractivity contribution < 1.29 is 14.6 Å². The van der Waals surface area contributed by atoms with Gasteiger partial charge in [-0.15, -0.1) is 11.8 Å². The van der Waals surface area contributed by atoms with Gasteiger partial charge in [-0.2, -0.15) is 0 Å². The van der Waals surface area contributed by atoms with Gasteiger partial charge in [0.2, 0.25) is 0 Å². The molecule has 1 aliphatic heterocycles. The number of hydrogen-bond acceptors (Lipinski definition) is 6. The molecule has 2 heterocycles. The van der Waals surface area contributed by atoms with Crippen LogP contribution in [0.15, 0.2) is 17.4 Å². The van der Waals surface area contributed by atoms with Crippen molar-refractivity contribution in [1.29, 1.82) is 0 Å². The Kier molecular flexibility index (Phi) is 3.80. The zero-order chi connectivity index (χ0) is 12.3. The fourth-order valence-electron chi connectivity index (χ4n) is 1.66. The number of carboxylic acid groups (broad SMARTS) is 1. The molecule has 0 aliphatic carbocycles. The zero-order valence-electron chi connectivity index (χ0n) is 9.29. The van der Waals surface area contributed by atoms with Crippen molar-refractivity contribution in [2.24, 2.45) is 5.92 Å². The topological polar surface area (TPSA) is 84.3 Å². The quantitative estimate of drug-likeness (QED) is 0.605. The first-order valence-corrected chi connectivity index (χ1v) is 6.36. The van der Waals surface area contributed by atoms with Gasteiger partial charge >= 0.3 is 5.97 Å². The number of carboxylic acids is 1. The van der Waals surface area contributed by atoms with Crippen LogP contribution >= 0.6 is 11.8 Å². The molecule has 2 atom stereocenters. The summed E-state index contributed by atoms with van der Waals surface area (Å²) in [5, 5.41) is 12.9. The molecule has 0 spiro atoms. The summed E-state index contributed by atoms with van der Waals surface area (Å²) in [5.74, 6) is -0.743. The fraction of sp³-hybridized carbons (Fsp3) is 0.500. The normalized spacial score (nSPS) is 23.6. The van der Waals surface area contributed by atoms with Crippen LogP contribution in [-0.4, -0.2) is 46.6 Å². The average Bonchev–Trinajstić information content (AvgIpc) is 2.77. The van der Waals surface area contributed by atoms with E-state index in [-0.39, 0.29) is 12.6 Å². The van der Waals surface area contributed by atoms with E-state index in [9.17, 15) is 4.79 Å². The number of ether oxygens (including phenoxy) is 1. The molecule has 0 bridgehead atoms. The predicted molar refractivity (Wildman–Crippen MR) is 63.2 cm³/mol. The minimum atomic E-state index is -0.848. The highest BCUT2D eigenvalue weighted by atomic mass is 32.2. The highest BCUT2D eigenvalue weighted by Crippen LogP contribution is 2.20. The minimum Gasteiger partial charge on any atom is -0.481 e. The summed E-state index contributed by atoms with van der Waals surface area (Å²) in [6.45, 7) is 0.628. The van der Waals surface area contributed by atoms with Crippen molar-refractivity contribution in [3.05, 3.63) is 12.4 Å². The van der Waals surface area contributed by atoms with Gasteiger partial charge in [-0.25, -0.2) is 9.97 Å². The Morgan fingerprint density at radius 2 is 2.41 bits per heavy atom. The highest BCUT2D eigenvalue weighted by molar-refractivity contribution is 7.98. The Morgan fingerprint density at radius 1 is 1.59 bits per heavy atom. The van der Waals surface area contributed by atoms with Crippen molar-refractivity contribution in [1.82, 2.24) is 9.97 Å². The van der Waals surface area contributed by atoms with E-state index in [0.717, 1.165) is 5.03 Å². The summed E-state index contributed by atoms with van der Waals surface area (Å²) < 4.78 is 5.17. The maximum Gasteiger partial charge on any atom is 0.311 e. The summed E-state index contributed by atoms with van der Waals surface area (Å²) in [6.07, 6.45) is 3.38. The van der Waals surface area contributed by atoms with E-state index in [1.165, 1.54) is 18.1 Å². The molecule has 6 nitrogen and oxygen atoms in total. The summed E-state index contributed by atoms with van der Waals surface area (Å²) in [4.78, 5) is 19.1. The molecule has 2 unspecified atom stereocenters. The van der Waals surface area contributed by atoms with Crippen LogP contribution in [-0.2, 0) is 9.53 Å². The van der Waals surface area contributed by atoms with Crippen molar-refractivity contribution in [3.63, 3.8) is 0 Å². The molecule has 1 saturated heterocycles. The monoisotopic (exact) mass is 255 g/mol. The Morgan fingerprint density at radius 3 is 3.12 bits per heavy atom. The molecule has 1 aliphatic rings. The maximum atomic E-state index is 11.0. The first-order valence-electron chi connectivity index (χ1n) is 5.14. The van der Waals surface area contributed by atoms with Gasteiger partial charge in [0.05, 0.1) is 19.3 Å². The Hall–Kier alpha value is -1.34. The molecule has 2 N–H and O–H groups in total. The van der Waals surface area contributed by atoms with E-state index in [2.05, 4.69) is 15.3 Å². The number of thioether (sulfide) groups is 1. The van der Waals surface area contributed by atoms with Crippen LogP contribution in [0.4, 0.5) is 5.82 Å². The second-order valence-electron chi connectivity index (χ2n) is 3.68. The lowest BCUT2D eigenvalue weighted by Crippen LogP contribution is -2.33. The van der Waals surface area contributed by atoms with E-state index in [0.29, 0.717) is 12.4 Å². The molecule has 1 aromatic heterocycles. The molecule has 1 aromatic rings. The van der Waals surface area contributed by atoms with Crippen LogP contribution < -0.4 is 5.32 Å². The smallest absolute Gasteiger partial charge is 0.311 e. The second-order valence-corrected chi connectivity index (χ2v) is 4.51. The molecule has 0 aromatic carbocycles. The van der Waals surface area contributed by atoms with Gasteiger partial charge in [-0.3, -0.25) is 4.79 Å². The van der Waals surface area contributed by atoms with Gasteiger partial charge in [-0.1, -0.05) is 0 Å². The number of carbonyl (C=O) groups is 1. The van der Waals surface area contributed by atoms with Gasteiger partial charge in [0.15, 0.2) is 0 Å². The van der Waals surface area contributed by atoms with Gasteiger partial charge in [0.1, 0.15) is 23.1 Å². The molecule has 0 radical (unpaired) electrons. The summed E-state index contributed by atoms with van der Waals surface area (Å²) >= 11 is 1.51. The summed E-state index contributed by atoms with van der Waals surface area (Å²) in [5.41, 5.74) is 0. The number of aliphatic carboxylic acids is 1. The van der Waals surface area contributed by atoms with E-state index >= 15 is 0 Å². The molecule has 92 valence electrons. The number of anilines is 1. The van der Waals surface area contributed by atoms with Gasteiger partial charge in [0, 0.05) is 6.07 Å². The van der Waals surface area contributed by atoms with Crippen LogP contribution in [0.3, 0.4) is 0 Å². The third-order valence-electron chi connectivity index (χ3n) is 2.58. The highest BCUT2D eigenvalue weighted by Gasteiger charge is 2.34. The van der Waals surface area contributed by atoms with E-state index in [1.807, 2.05) is 6.26 Å². The van der Waals surface area contributed by atoms with Crippen LogP contribution in [0.2, 0.25) is 0 Å². The van der Waals surface area contributed by atoms with E-state index in [4.69, 9.17) is 9.84 Å². The minimum absolute atomic E-state index is 0.239. The van der Waals surface area contributed by atoms with Crippen molar-refractivity contribution >= 4 is 23.5 Å². The predicted octanol–water partition coefficient (Wildman–Crippen LogP) is 0.710. The molecule has 2 rings (SSSR count). The molecule has 0 saturated carbocycles. The van der Waals surface area contributed by atoms with Crippen LogP contribution in [0.1, 0.15) is 0 Å². The standard InChI is InChI=1S/C10H13N3O3S/c1-17-9-2-8(11-5-12-9)13-7-4-16-3-6(7)10(14)15/h2,5-7H,3-4H2,1H3,(H,14,15)(H,11,12,13). The number of hydrogen-bond donors (Lipinski definition) is 2. The SMILES string of the molecule is CSc1cc(NC2COCC2C(=O)O)ncn1. The third kappa shape index (κ3) is 2.86. The number of aromatic nitrogens is 2. The van der Waals surface area contributed by atoms with Gasteiger partial charge in [0.25, 0.3) is 0 Å². The Labute approximate surface area is 103 Å². The van der Waals surface area contributed by atoms with E-state index in [1.54, 1.807) is 6.07 Å². The second kappa shape index (κ2) is 5.33. The molecular formula is C10H13N3O3S. The Bertz CT molecular complexity index is 416. The molecule has 1 fully saturated rings. The molecular weight excluding hydrogens is 242 g/mol. The van der Waals surface area contributed by atoms with Gasteiger partial charge < -0.3 is 15.2 Å². The largest absolute Gasteiger partial charge is 0.481 e. The van der Waals surface area contributed by atoms with Crippen LogP contribution in [0, 0.1) is 5.92 Å². The van der Waals surface area contributed by atoms with Crippen LogP contribution in [0.5, 0.6) is 0 Å². The lowest BCUT2D eigenvalue weighted by atomic mass is 10.0. The number of rotatable bonds is 4. The first-order chi connectivity index (χ1) is 8.20. The van der Waals surface area contributed by atoms with Crippen molar-refractivity contribution in [2.75, 3.05) is 24.8 Å². The van der Waals surface area contributed by atoms with Crippen LogP contribution in [0.25, 0.3) is 0 Å². The Balaban J connectivity index is 2.06. The zero-order valence-corrected chi connectivity index (χ0v) is 10.1. The molecule has 7 heteroatoms. The number of nitrogens with zero attached hydrogens (tertiary/aromatic N) is 2. The van der Waals surface area contributed by atoms with Gasteiger partial charge in [-0.05, 0) is 6.26 Å². The summed E-state index contributed by atoms with van der Waals surface area (Å²) in [7, 11) is 0. The maximum absolute atomic E-state index is 11.0. The fourth-order valence-corrected chi connectivity index (χ4v) is 2.04. The van der Waals surface area contributed by atoms with E-state index < -0.39 is 11.9 Å². The molecule has 0 amide bonds. The number of nitrogens with one attached hydrogen (secondary N) is 1. The first kappa shape index (κ1) is 12.1. The lowest BCUT2D eigenvalue weighted by Gasteiger charge is -2.16. The summed E-state index contributed by atoms with van der Waals surface area (Å²) in [6, 6.07) is 1.55. The third-order valence-corrected chi connectivity index (χ3v) is 3.22. The average molecular weight is 255 g/mol. The van der Waals surface area contributed by atoms with Crippen molar-refractivity contribution in [2.45, 2.75) is 11.1 Å².